The second-order valence-corrected chi connectivity index (χ2v) is 12.0. The number of hydrogen-bond donors (Lipinski definition) is 3. The highest BCUT2D eigenvalue weighted by Crippen LogP contribution is 2.49. The van der Waals surface area contributed by atoms with Gasteiger partial charge in [-0.3, -0.25) is 0 Å². The molecule has 0 unspecified atom stereocenters. The highest BCUT2D eigenvalue weighted by Gasteiger charge is 2.28. The molecule has 38 heavy (non-hydrogen) atoms. The lowest BCUT2D eigenvalue weighted by Gasteiger charge is -2.28. The van der Waals surface area contributed by atoms with Crippen molar-refractivity contribution in [2.24, 2.45) is 0 Å². The van der Waals surface area contributed by atoms with Crippen LogP contribution in [0.3, 0.4) is 0 Å². The molecule has 2 fully saturated rings. The van der Waals surface area contributed by atoms with Crippen LogP contribution in [0.15, 0.2) is 24.3 Å². The highest BCUT2D eigenvalue weighted by molar-refractivity contribution is 5.88. The molecule has 202 valence electrons. The maximum Gasteiger partial charge on any atom is 0.122 e. The molecule has 0 radical (unpaired) electrons. The molecule has 2 aliphatic carbocycles. The monoisotopic (exact) mass is 512 g/mol. The number of hydrogen-bond acceptors (Lipinski definition) is 3. The normalized spacial score (nSPS) is 17.2. The molecule has 3 aromatic carbocycles. The van der Waals surface area contributed by atoms with E-state index in [-0.39, 0.29) is 0 Å². The average Bonchev–Trinajstić information content (AvgIpc) is 2.91. The molecule has 0 amide bonds. The smallest absolute Gasteiger partial charge is 0.122 e. The van der Waals surface area contributed by atoms with Gasteiger partial charge in [0.1, 0.15) is 17.2 Å². The predicted octanol–water partition coefficient (Wildman–Crippen LogP) is 9.77. The van der Waals surface area contributed by atoms with Gasteiger partial charge in [-0.1, -0.05) is 50.7 Å². The zero-order chi connectivity index (χ0) is 27.1. The Bertz CT molecular complexity index is 1250. The van der Waals surface area contributed by atoms with E-state index in [1.807, 2.05) is 38.1 Å². The van der Waals surface area contributed by atoms with E-state index in [9.17, 15) is 15.3 Å². The molecule has 0 bridgehead atoms. The Hall–Kier alpha value is -2.94. The van der Waals surface area contributed by atoms with Crippen LogP contribution in [-0.2, 0) is 0 Å². The summed E-state index contributed by atoms with van der Waals surface area (Å²) in [5.74, 6) is 1.91. The van der Waals surface area contributed by atoms with Gasteiger partial charge in [-0.15, -0.1) is 0 Å². The Labute approximate surface area is 228 Å². The summed E-state index contributed by atoms with van der Waals surface area (Å²) in [4.78, 5) is 0. The fraction of sp³-hybridized carbons (Fsp3) is 0.486. The third-order valence-corrected chi connectivity index (χ3v) is 9.76. The van der Waals surface area contributed by atoms with Gasteiger partial charge in [0.05, 0.1) is 0 Å². The SMILES string of the molecule is Cc1c(O)c(C)c(-c2ccc(O)c(C3CCCCC3)c2C)c(C)c1-c1ccc(O)c(C2CCCCC2)c1C. The highest BCUT2D eigenvalue weighted by atomic mass is 16.3. The van der Waals surface area contributed by atoms with Crippen LogP contribution >= 0.6 is 0 Å². The first kappa shape index (κ1) is 26.7. The first-order chi connectivity index (χ1) is 18.2. The second kappa shape index (κ2) is 10.7. The third kappa shape index (κ3) is 4.48. The second-order valence-electron chi connectivity index (χ2n) is 12.0. The summed E-state index contributed by atoms with van der Waals surface area (Å²) >= 11 is 0. The Morgan fingerprint density at radius 2 is 0.842 bits per heavy atom. The molecule has 0 saturated heterocycles. The van der Waals surface area contributed by atoms with E-state index < -0.39 is 0 Å². The van der Waals surface area contributed by atoms with Crippen molar-refractivity contribution < 1.29 is 15.3 Å². The predicted molar refractivity (Wildman–Crippen MR) is 158 cm³/mol. The van der Waals surface area contributed by atoms with Crippen molar-refractivity contribution in [2.75, 3.05) is 0 Å². The van der Waals surface area contributed by atoms with Gasteiger partial charge in [-0.25, -0.2) is 0 Å². The molecule has 0 atom stereocenters. The zero-order valence-electron chi connectivity index (χ0n) is 23.9. The van der Waals surface area contributed by atoms with Crippen LogP contribution in [0.4, 0.5) is 0 Å². The van der Waals surface area contributed by atoms with Crippen molar-refractivity contribution in [3.8, 4) is 39.5 Å². The quantitative estimate of drug-likeness (QED) is 0.326. The van der Waals surface area contributed by atoms with Crippen LogP contribution in [0.1, 0.15) is 115 Å². The lowest BCUT2D eigenvalue weighted by molar-refractivity contribution is 0.413. The van der Waals surface area contributed by atoms with Crippen molar-refractivity contribution in [3.63, 3.8) is 0 Å². The lowest BCUT2D eigenvalue weighted by atomic mass is 9.77. The minimum atomic E-state index is 0.332. The molecule has 0 spiro atoms. The van der Waals surface area contributed by atoms with E-state index in [1.54, 1.807) is 0 Å². The fourth-order valence-corrected chi connectivity index (χ4v) is 7.80. The van der Waals surface area contributed by atoms with E-state index in [2.05, 4.69) is 20.8 Å². The van der Waals surface area contributed by atoms with Gasteiger partial charge in [-0.05, 0) is 134 Å². The van der Waals surface area contributed by atoms with E-state index in [0.29, 0.717) is 29.1 Å². The molecule has 5 rings (SSSR count). The van der Waals surface area contributed by atoms with Crippen LogP contribution in [0.5, 0.6) is 17.2 Å². The third-order valence-electron chi connectivity index (χ3n) is 9.76. The van der Waals surface area contributed by atoms with Crippen molar-refractivity contribution in [1.82, 2.24) is 0 Å². The molecular formula is C35H44O3. The Morgan fingerprint density at radius 1 is 0.474 bits per heavy atom. The van der Waals surface area contributed by atoms with Crippen LogP contribution in [0, 0.1) is 34.6 Å². The molecule has 0 aromatic heterocycles. The number of aromatic hydroxyl groups is 3. The van der Waals surface area contributed by atoms with Crippen LogP contribution in [-0.4, -0.2) is 15.3 Å². The average molecular weight is 513 g/mol. The van der Waals surface area contributed by atoms with Gasteiger partial charge < -0.3 is 15.3 Å². The summed E-state index contributed by atoms with van der Waals surface area (Å²) in [5, 5.41) is 33.3. The number of benzene rings is 3. The summed E-state index contributed by atoms with van der Waals surface area (Å²) in [6, 6.07) is 7.77. The Balaban J connectivity index is 1.71. The maximum atomic E-state index is 11.4. The first-order valence-electron chi connectivity index (χ1n) is 14.7. The Morgan fingerprint density at radius 3 is 1.21 bits per heavy atom. The van der Waals surface area contributed by atoms with Crippen LogP contribution in [0.25, 0.3) is 22.3 Å². The van der Waals surface area contributed by atoms with E-state index >= 15 is 0 Å². The van der Waals surface area contributed by atoms with Gasteiger partial charge in [0.25, 0.3) is 0 Å². The van der Waals surface area contributed by atoms with Gasteiger partial charge in [0, 0.05) is 11.1 Å². The largest absolute Gasteiger partial charge is 0.508 e. The summed E-state index contributed by atoms with van der Waals surface area (Å²) in [7, 11) is 0. The number of phenols is 3. The lowest BCUT2D eigenvalue weighted by Crippen LogP contribution is -2.09. The molecule has 0 heterocycles. The van der Waals surface area contributed by atoms with Crippen molar-refractivity contribution in [2.45, 2.75) is 111 Å². The molecule has 3 aromatic rings. The van der Waals surface area contributed by atoms with Crippen molar-refractivity contribution in [3.05, 3.63) is 63.2 Å². The molecule has 0 aliphatic heterocycles. The summed E-state index contributed by atoms with van der Waals surface area (Å²) in [5.41, 5.74) is 11.7. The molecule has 3 nitrogen and oxygen atoms in total. The number of phenolic OH excluding ortho intramolecular Hbond substituents is 3. The standard InChI is InChI=1S/C35H44O3/c1-20-27(16-18-29(36)33(20)25-12-8-6-9-13-25)31-22(3)32(24(5)35(38)23(31)4)28-17-19-30(37)34(21(28)2)26-14-10-7-11-15-26/h16-19,25-26,36-38H,6-15H2,1-5H3. The molecule has 3 N–H and O–H groups in total. The van der Waals surface area contributed by atoms with Gasteiger partial charge in [0.15, 0.2) is 0 Å². The van der Waals surface area contributed by atoms with Crippen molar-refractivity contribution in [1.29, 1.82) is 0 Å². The Kier molecular flexibility index (Phi) is 7.49. The van der Waals surface area contributed by atoms with E-state index in [0.717, 1.165) is 86.9 Å². The van der Waals surface area contributed by atoms with Gasteiger partial charge in [-0.2, -0.15) is 0 Å². The summed E-state index contributed by atoms with van der Waals surface area (Å²) in [6.45, 7) is 10.5. The fourth-order valence-electron chi connectivity index (χ4n) is 7.80. The van der Waals surface area contributed by atoms with Crippen LogP contribution < -0.4 is 0 Å². The van der Waals surface area contributed by atoms with Crippen molar-refractivity contribution >= 4 is 0 Å². The zero-order valence-corrected chi connectivity index (χ0v) is 23.9. The van der Waals surface area contributed by atoms with Gasteiger partial charge in [0.2, 0.25) is 0 Å². The minimum absolute atomic E-state index is 0.332. The van der Waals surface area contributed by atoms with Gasteiger partial charge >= 0.3 is 0 Å². The molecule has 3 heteroatoms. The topological polar surface area (TPSA) is 60.7 Å². The molecule has 2 aliphatic rings. The van der Waals surface area contributed by atoms with E-state index in [4.69, 9.17) is 0 Å². The molecular weight excluding hydrogens is 468 g/mol. The summed E-state index contributed by atoms with van der Waals surface area (Å²) in [6.07, 6.45) is 11.9. The first-order valence-corrected chi connectivity index (χ1v) is 14.7. The van der Waals surface area contributed by atoms with Crippen LogP contribution in [0.2, 0.25) is 0 Å². The maximum absolute atomic E-state index is 11.4. The van der Waals surface area contributed by atoms with E-state index in [1.165, 1.54) is 38.5 Å². The molecule has 2 saturated carbocycles. The number of rotatable bonds is 4. The minimum Gasteiger partial charge on any atom is -0.508 e. The summed E-state index contributed by atoms with van der Waals surface area (Å²) < 4.78 is 0.